The summed E-state index contributed by atoms with van der Waals surface area (Å²) in [6, 6.07) is 0. The van der Waals surface area contributed by atoms with Gasteiger partial charge in [-0.1, -0.05) is 6.42 Å². The number of nitrogens with one attached hydrogen (secondary N) is 2. The molecule has 0 saturated carbocycles. The van der Waals surface area contributed by atoms with Crippen molar-refractivity contribution < 1.29 is 18.9 Å². The third-order valence-electron chi connectivity index (χ3n) is 3.02. The zero-order valence-electron chi connectivity index (χ0n) is 15.6. The van der Waals surface area contributed by atoms with Crippen molar-refractivity contribution in [3.8, 4) is 0 Å². The average Bonchev–Trinajstić information content (AvgIpc) is 2.49. The molecule has 0 aliphatic rings. The van der Waals surface area contributed by atoms with E-state index in [-0.39, 0.29) is 12.2 Å². The molecule has 0 aromatic rings. The number of hydrogen-bond acceptors (Lipinski definition) is 6. The zero-order valence-corrected chi connectivity index (χ0v) is 15.6. The fourth-order valence-corrected chi connectivity index (χ4v) is 1.70. The van der Waals surface area contributed by atoms with Gasteiger partial charge in [0.1, 0.15) is 13.6 Å². The van der Waals surface area contributed by atoms with E-state index in [1.54, 1.807) is 0 Å². The fourth-order valence-electron chi connectivity index (χ4n) is 1.70. The van der Waals surface area contributed by atoms with Crippen LogP contribution in [0.15, 0.2) is 0 Å². The topological polar surface area (TPSA) is 61.0 Å². The molecule has 0 aliphatic heterocycles. The Morgan fingerprint density at radius 1 is 0.609 bits per heavy atom. The molecule has 0 radical (unpaired) electrons. The second kappa shape index (κ2) is 18.1. The van der Waals surface area contributed by atoms with Gasteiger partial charge in [-0.25, -0.2) is 0 Å². The molecule has 0 fully saturated rings. The van der Waals surface area contributed by atoms with E-state index in [2.05, 4.69) is 10.6 Å². The molecule has 0 bridgehead atoms. The lowest BCUT2D eigenvalue weighted by Crippen LogP contribution is -2.23. The predicted molar refractivity (Wildman–Crippen MR) is 93.7 cm³/mol. The molecule has 0 rings (SSSR count). The van der Waals surface area contributed by atoms with E-state index < -0.39 is 0 Å². The fraction of sp³-hybridized carbons (Fsp3) is 1.00. The van der Waals surface area contributed by atoms with Crippen LogP contribution in [-0.4, -0.2) is 65.2 Å². The van der Waals surface area contributed by atoms with E-state index in [9.17, 15) is 0 Å². The van der Waals surface area contributed by atoms with Crippen molar-refractivity contribution in [2.24, 2.45) is 0 Å². The number of rotatable bonds is 18. The minimum atomic E-state index is 0.233. The lowest BCUT2D eigenvalue weighted by molar-refractivity contribution is -0.0773. The van der Waals surface area contributed by atoms with Gasteiger partial charge in [-0.15, -0.1) is 0 Å². The molecule has 2 N–H and O–H groups in total. The van der Waals surface area contributed by atoms with Crippen molar-refractivity contribution in [3.63, 3.8) is 0 Å². The first-order chi connectivity index (χ1) is 11.1. The monoisotopic (exact) mass is 334 g/mol. The van der Waals surface area contributed by atoms with E-state index in [0.29, 0.717) is 26.8 Å². The van der Waals surface area contributed by atoms with Crippen molar-refractivity contribution in [1.29, 1.82) is 0 Å². The molecule has 6 heteroatoms. The maximum Gasteiger partial charge on any atom is 0.147 e. The minimum absolute atomic E-state index is 0.233. The maximum atomic E-state index is 5.34. The Labute approximate surface area is 142 Å². The molecule has 0 unspecified atom stereocenters. The van der Waals surface area contributed by atoms with Crippen LogP contribution in [0.4, 0.5) is 0 Å². The van der Waals surface area contributed by atoms with Crippen molar-refractivity contribution in [2.75, 3.05) is 53.0 Å². The van der Waals surface area contributed by atoms with Crippen LogP contribution >= 0.6 is 0 Å². The van der Waals surface area contributed by atoms with Crippen LogP contribution in [0, 0.1) is 0 Å². The van der Waals surface area contributed by atoms with Crippen molar-refractivity contribution >= 4 is 0 Å². The standard InChI is InChI=1S/C17H38N2O4/c1-16(2)22-14-20-12-10-18-8-6-5-7-9-19-11-13-21-15-23-17(3)4/h16-19H,5-15H2,1-4H3. The highest BCUT2D eigenvalue weighted by Crippen LogP contribution is 1.92. The van der Waals surface area contributed by atoms with Gasteiger partial charge in [-0.3, -0.25) is 0 Å². The molecule has 0 heterocycles. The van der Waals surface area contributed by atoms with Crippen LogP contribution < -0.4 is 10.6 Å². The van der Waals surface area contributed by atoms with Gasteiger partial charge >= 0.3 is 0 Å². The Kier molecular flexibility index (Phi) is 17.9. The van der Waals surface area contributed by atoms with Crippen molar-refractivity contribution in [3.05, 3.63) is 0 Å². The normalized spacial score (nSPS) is 11.7. The summed E-state index contributed by atoms with van der Waals surface area (Å²) in [6.07, 6.45) is 4.09. The summed E-state index contributed by atoms with van der Waals surface area (Å²) in [5, 5.41) is 6.75. The highest BCUT2D eigenvalue weighted by Gasteiger charge is 1.95. The first-order valence-electron chi connectivity index (χ1n) is 8.93. The molecular formula is C17H38N2O4. The van der Waals surface area contributed by atoms with Crippen LogP contribution in [0.5, 0.6) is 0 Å². The summed E-state index contributed by atoms with van der Waals surface area (Å²) in [7, 11) is 0. The lowest BCUT2D eigenvalue weighted by atomic mass is 10.2. The largest absolute Gasteiger partial charge is 0.354 e. The molecule has 0 spiro atoms. The molecule has 6 nitrogen and oxygen atoms in total. The molecular weight excluding hydrogens is 296 g/mol. The van der Waals surface area contributed by atoms with Gasteiger partial charge in [0, 0.05) is 13.1 Å². The van der Waals surface area contributed by atoms with E-state index >= 15 is 0 Å². The molecule has 0 saturated heterocycles. The second-order valence-corrected chi connectivity index (χ2v) is 6.04. The lowest BCUT2D eigenvalue weighted by Gasteiger charge is -2.09. The minimum Gasteiger partial charge on any atom is -0.354 e. The van der Waals surface area contributed by atoms with Crippen LogP contribution in [0.2, 0.25) is 0 Å². The van der Waals surface area contributed by atoms with Crippen molar-refractivity contribution in [2.45, 2.75) is 59.2 Å². The van der Waals surface area contributed by atoms with E-state index in [4.69, 9.17) is 18.9 Å². The third-order valence-corrected chi connectivity index (χ3v) is 3.02. The van der Waals surface area contributed by atoms with Gasteiger partial charge in [0.2, 0.25) is 0 Å². The van der Waals surface area contributed by atoms with Gasteiger partial charge in [0.05, 0.1) is 25.4 Å². The van der Waals surface area contributed by atoms with Gasteiger partial charge in [0.15, 0.2) is 0 Å². The van der Waals surface area contributed by atoms with Crippen LogP contribution in [-0.2, 0) is 18.9 Å². The van der Waals surface area contributed by atoms with E-state index in [1.165, 1.54) is 19.3 Å². The third kappa shape index (κ3) is 21.8. The van der Waals surface area contributed by atoms with Crippen molar-refractivity contribution in [1.82, 2.24) is 10.6 Å². The molecule has 0 atom stereocenters. The van der Waals surface area contributed by atoms with Crippen LogP contribution in [0.1, 0.15) is 47.0 Å². The quantitative estimate of drug-likeness (QED) is 0.296. The highest BCUT2D eigenvalue weighted by atomic mass is 16.7. The first-order valence-corrected chi connectivity index (χ1v) is 8.93. The number of unbranched alkanes of at least 4 members (excludes halogenated alkanes) is 2. The van der Waals surface area contributed by atoms with E-state index in [1.807, 2.05) is 27.7 Å². The number of ether oxygens (including phenoxy) is 4. The van der Waals surface area contributed by atoms with Gasteiger partial charge < -0.3 is 29.6 Å². The zero-order chi connectivity index (χ0) is 17.2. The van der Waals surface area contributed by atoms with Gasteiger partial charge in [-0.05, 0) is 53.6 Å². The Hall–Kier alpha value is -0.240. The molecule has 0 aromatic heterocycles. The Balaban J connectivity index is 2.97. The van der Waals surface area contributed by atoms with Crippen LogP contribution in [0.3, 0.4) is 0 Å². The second-order valence-electron chi connectivity index (χ2n) is 6.04. The molecule has 0 aromatic carbocycles. The van der Waals surface area contributed by atoms with E-state index in [0.717, 1.165) is 26.2 Å². The summed E-state index contributed by atoms with van der Waals surface area (Å²) >= 11 is 0. The summed E-state index contributed by atoms with van der Waals surface area (Å²) < 4.78 is 21.3. The Bertz CT molecular complexity index is 207. The smallest absolute Gasteiger partial charge is 0.147 e. The summed E-state index contributed by atoms with van der Waals surface area (Å²) in [5.41, 5.74) is 0. The molecule has 0 amide bonds. The summed E-state index contributed by atoms with van der Waals surface area (Å²) in [6.45, 7) is 14.1. The molecule has 0 aliphatic carbocycles. The summed E-state index contributed by atoms with van der Waals surface area (Å²) in [4.78, 5) is 0. The Morgan fingerprint density at radius 3 is 1.43 bits per heavy atom. The molecule has 140 valence electrons. The van der Waals surface area contributed by atoms with Crippen LogP contribution in [0.25, 0.3) is 0 Å². The number of hydrogen-bond donors (Lipinski definition) is 2. The summed E-state index contributed by atoms with van der Waals surface area (Å²) in [5.74, 6) is 0. The average molecular weight is 335 g/mol. The highest BCUT2D eigenvalue weighted by molar-refractivity contribution is 4.51. The SMILES string of the molecule is CC(C)OCOCCNCCCCCNCCOCOC(C)C. The maximum absolute atomic E-state index is 5.34. The Morgan fingerprint density at radius 2 is 1.04 bits per heavy atom. The van der Waals surface area contributed by atoms with Gasteiger partial charge in [-0.2, -0.15) is 0 Å². The predicted octanol–water partition coefficient (Wildman–Crippen LogP) is 2.13. The molecule has 23 heavy (non-hydrogen) atoms. The first kappa shape index (κ1) is 22.8. The van der Waals surface area contributed by atoms with Gasteiger partial charge in [0.25, 0.3) is 0 Å².